The van der Waals surface area contributed by atoms with Crippen molar-refractivity contribution in [1.82, 2.24) is 9.97 Å². The van der Waals surface area contributed by atoms with Crippen LogP contribution in [0.5, 0.6) is 5.88 Å². The van der Waals surface area contributed by atoms with E-state index in [1.165, 1.54) is 13.2 Å². The van der Waals surface area contributed by atoms with E-state index in [2.05, 4.69) is 15.0 Å². The van der Waals surface area contributed by atoms with E-state index in [1.54, 1.807) is 6.21 Å². The van der Waals surface area contributed by atoms with Gasteiger partial charge in [-0.05, 0) is 5.56 Å². The van der Waals surface area contributed by atoms with Gasteiger partial charge in [0.1, 0.15) is 5.15 Å². The largest absolute Gasteiger partial charge is 0.481 e. The molecule has 0 bridgehead atoms. The minimum absolute atomic E-state index is 0.276. The molecule has 0 radical (unpaired) electrons. The minimum atomic E-state index is 0.276. The van der Waals surface area contributed by atoms with Crippen LogP contribution in [0.1, 0.15) is 5.56 Å². The fraction of sp³-hybridized carbons (Fsp3) is 0.0833. The normalized spacial score (nSPS) is 10.7. The van der Waals surface area contributed by atoms with Gasteiger partial charge in [-0.15, -0.1) is 0 Å². The van der Waals surface area contributed by atoms with Crippen LogP contribution < -0.4 is 4.74 Å². The minimum Gasteiger partial charge on any atom is -0.481 e. The third-order valence-corrected chi connectivity index (χ3v) is 2.19. The third kappa shape index (κ3) is 3.26. The Morgan fingerprint density at radius 1 is 1.24 bits per heavy atom. The number of aromatic nitrogens is 2. The van der Waals surface area contributed by atoms with Gasteiger partial charge < -0.3 is 4.74 Å². The molecule has 2 aromatic rings. The Morgan fingerprint density at radius 3 is 2.71 bits per heavy atom. The molecule has 0 N–H and O–H groups in total. The lowest BCUT2D eigenvalue weighted by molar-refractivity contribution is 0.397. The van der Waals surface area contributed by atoms with Crippen LogP contribution >= 0.6 is 11.6 Å². The first kappa shape index (κ1) is 11.5. The third-order valence-electron chi connectivity index (χ3n) is 2.00. The molecule has 1 aromatic heterocycles. The Labute approximate surface area is 104 Å². The average Bonchev–Trinajstić information content (AvgIpc) is 2.37. The molecule has 0 aliphatic heterocycles. The van der Waals surface area contributed by atoms with Gasteiger partial charge in [0.05, 0.1) is 7.11 Å². The summed E-state index contributed by atoms with van der Waals surface area (Å²) in [6.45, 7) is 0. The van der Waals surface area contributed by atoms with E-state index >= 15 is 0 Å². The molecule has 0 amide bonds. The van der Waals surface area contributed by atoms with E-state index in [-0.39, 0.29) is 5.95 Å². The first-order chi connectivity index (χ1) is 8.28. The molecule has 0 aliphatic carbocycles. The number of methoxy groups -OCH3 is 1. The Kier molecular flexibility index (Phi) is 3.67. The number of nitrogens with zero attached hydrogens (tertiary/aromatic N) is 3. The predicted molar refractivity (Wildman–Crippen MR) is 67.3 cm³/mol. The molecule has 1 aromatic carbocycles. The highest BCUT2D eigenvalue weighted by Crippen LogP contribution is 2.17. The first-order valence-electron chi connectivity index (χ1n) is 4.95. The Hall–Kier alpha value is -1.94. The van der Waals surface area contributed by atoms with Crippen molar-refractivity contribution < 1.29 is 4.74 Å². The van der Waals surface area contributed by atoms with E-state index in [9.17, 15) is 0 Å². The quantitative estimate of drug-likeness (QED) is 0.619. The molecule has 86 valence electrons. The lowest BCUT2D eigenvalue weighted by atomic mass is 10.2. The number of ether oxygens (including phenoxy) is 1. The fourth-order valence-corrected chi connectivity index (χ4v) is 1.39. The number of aliphatic imine (C=N–C) groups is 1. The molecule has 0 unspecified atom stereocenters. The van der Waals surface area contributed by atoms with Crippen LogP contribution in [0.4, 0.5) is 5.95 Å². The first-order valence-corrected chi connectivity index (χ1v) is 5.33. The van der Waals surface area contributed by atoms with Crippen molar-refractivity contribution in [2.24, 2.45) is 4.99 Å². The lowest BCUT2D eigenvalue weighted by Crippen LogP contribution is -1.90. The van der Waals surface area contributed by atoms with E-state index in [1.807, 2.05) is 30.3 Å². The van der Waals surface area contributed by atoms with Crippen molar-refractivity contribution in [2.45, 2.75) is 0 Å². The van der Waals surface area contributed by atoms with E-state index in [0.717, 1.165) is 5.56 Å². The van der Waals surface area contributed by atoms with E-state index in [0.29, 0.717) is 11.0 Å². The van der Waals surface area contributed by atoms with Crippen molar-refractivity contribution in [2.75, 3.05) is 7.11 Å². The SMILES string of the molecule is COc1cc(Cl)nc(N=Cc2ccccc2)n1. The van der Waals surface area contributed by atoms with Gasteiger partial charge in [0, 0.05) is 12.3 Å². The molecular weight excluding hydrogens is 238 g/mol. The van der Waals surface area contributed by atoms with Crippen LogP contribution in [-0.4, -0.2) is 23.3 Å². The molecule has 0 atom stereocenters. The van der Waals surface area contributed by atoms with E-state index < -0.39 is 0 Å². The highest BCUT2D eigenvalue weighted by atomic mass is 35.5. The number of hydrogen-bond acceptors (Lipinski definition) is 4. The molecule has 4 nitrogen and oxygen atoms in total. The standard InChI is InChI=1S/C12H10ClN3O/c1-17-11-7-10(13)15-12(16-11)14-8-9-5-3-2-4-6-9/h2-8H,1H3. The summed E-state index contributed by atoms with van der Waals surface area (Å²) in [5.41, 5.74) is 0.968. The van der Waals surface area contributed by atoms with Gasteiger partial charge in [-0.2, -0.15) is 9.97 Å². The van der Waals surface area contributed by atoms with Crippen LogP contribution in [0.15, 0.2) is 41.4 Å². The molecule has 0 saturated heterocycles. The molecule has 0 fully saturated rings. The van der Waals surface area contributed by atoms with Gasteiger partial charge in [-0.1, -0.05) is 41.9 Å². The maximum absolute atomic E-state index is 5.81. The molecule has 0 spiro atoms. The second-order valence-corrected chi connectivity index (χ2v) is 3.59. The monoisotopic (exact) mass is 247 g/mol. The summed E-state index contributed by atoms with van der Waals surface area (Å²) in [5, 5.41) is 0.303. The molecule has 1 heterocycles. The summed E-state index contributed by atoms with van der Waals surface area (Å²) in [7, 11) is 1.52. The van der Waals surface area contributed by atoms with Crippen molar-refractivity contribution >= 4 is 23.8 Å². The highest BCUT2D eigenvalue weighted by Gasteiger charge is 2.01. The maximum atomic E-state index is 5.81. The number of rotatable bonds is 3. The van der Waals surface area contributed by atoms with Crippen molar-refractivity contribution in [3.05, 3.63) is 47.1 Å². The van der Waals surface area contributed by atoms with E-state index in [4.69, 9.17) is 16.3 Å². The molecule has 0 aliphatic rings. The second-order valence-electron chi connectivity index (χ2n) is 3.20. The predicted octanol–water partition coefficient (Wildman–Crippen LogP) is 2.89. The zero-order valence-corrected chi connectivity index (χ0v) is 9.93. The van der Waals surface area contributed by atoms with Crippen LogP contribution in [0.3, 0.4) is 0 Å². The topological polar surface area (TPSA) is 47.4 Å². The smallest absolute Gasteiger partial charge is 0.254 e. The summed E-state index contributed by atoms with van der Waals surface area (Å²) in [6.07, 6.45) is 1.67. The van der Waals surface area contributed by atoms with Gasteiger partial charge in [-0.25, -0.2) is 4.99 Å². The summed E-state index contributed by atoms with van der Waals surface area (Å²) in [4.78, 5) is 12.2. The second kappa shape index (κ2) is 5.41. The fourth-order valence-electron chi connectivity index (χ4n) is 1.22. The van der Waals surface area contributed by atoms with Gasteiger partial charge in [0.2, 0.25) is 5.88 Å². The maximum Gasteiger partial charge on any atom is 0.254 e. The number of hydrogen-bond donors (Lipinski definition) is 0. The highest BCUT2D eigenvalue weighted by molar-refractivity contribution is 6.29. The van der Waals surface area contributed by atoms with Crippen molar-refractivity contribution in [3.63, 3.8) is 0 Å². The summed E-state index contributed by atoms with van der Waals surface area (Å²) in [5.74, 6) is 0.670. The zero-order chi connectivity index (χ0) is 12.1. The molecule has 2 rings (SSSR count). The average molecular weight is 248 g/mol. The Morgan fingerprint density at radius 2 is 2.00 bits per heavy atom. The summed E-state index contributed by atoms with van der Waals surface area (Å²) in [6, 6.07) is 11.2. The van der Waals surface area contributed by atoms with Gasteiger partial charge in [-0.3, -0.25) is 0 Å². The summed E-state index contributed by atoms with van der Waals surface area (Å²) >= 11 is 5.81. The molecule has 5 heteroatoms. The van der Waals surface area contributed by atoms with Gasteiger partial charge >= 0.3 is 0 Å². The summed E-state index contributed by atoms with van der Waals surface area (Å²) < 4.78 is 4.98. The van der Waals surface area contributed by atoms with Gasteiger partial charge in [0.25, 0.3) is 5.95 Å². The van der Waals surface area contributed by atoms with Crippen LogP contribution in [0.25, 0.3) is 0 Å². The Balaban J connectivity index is 2.24. The van der Waals surface area contributed by atoms with Gasteiger partial charge in [0.15, 0.2) is 0 Å². The lowest BCUT2D eigenvalue weighted by Gasteiger charge is -1.99. The van der Waals surface area contributed by atoms with Crippen LogP contribution in [-0.2, 0) is 0 Å². The molecular formula is C12H10ClN3O. The van der Waals surface area contributed by atoms with Crippen LogP contribution in [0.2, 0.25) is 5.15 Å². The zero-order valence-electron chi connectivity index (χ0n) is 9.17. The number of benzene rings is 1. The van der Waals surface area contributed by atoms with Crippen LogP contribution in [0, 0.1) is 0 Å². The molecule has 0 saturated carbocycles. The number of halogens is 1. The Bertz CT molecular complexity index is 529. The molecule has 17 heavy (non-hydrogen) atoms. The van der Waals surface area contributed by atoms with Crippen molar-refractivity contribution in [3.8, 4) is 5.88 Å². The van der Waals surface area contributed by atoms with Crippen molar-refractivity contribution in [1.29, 1.82) is 0 Å².